The van der Waals surface area contributed by atoms with Crippen molar-refractivity contribution >= 4 is 0 Å². The highest BCUT2D eigenvalue weighted by Crippen LogP contribution is 1.93. The van der Waals surface area contributed by atoms with Gasteiger partial charge in [0.2, 0.25) is 0 Å². The maximum Gasteiger partial charge on any atom is 0.129 e. The summed E-state index contributed by atoms with van der Waals surface area (Å²) < 4.78 is 0. The summed E-state index contributed by atoms with van der Waals surface area (Å²) in [5, 5.41) is 7.97. The molecule has 46 valence electrons. The van der Waals surface area contributed by atoms with Gasteiger partial charge >= 0.3 is 0 Å². The Morgan fingerprint density at radius 2 is 2.25 bits per heavy atom. The first-order chi connectivity index (χ1) is 4.00. The second kappa shape index (κ2) is 3.43. The normalized spacial score (nSPS) is 25.0. The quantitative estimate of drug-likeness (QED) is 0.439. The van der Waals surface area contributed by atoms with Gasteiger partial charge in [-0.1, -0.05) is 0 Å². The van der Waals surface area contributed by atoms with E-state index in [1.807, 2.05) is 0 Å². The summed E-state index contributed by atoms with van der Waals surface area (Å²) in [6, 6.07) is 0. The molecule has 0 N–H and O–H groups in total. The SMILES string of the molecule is C1=C\OOOOCC/1. The highest BCUT2D eigenvalue weighted by molar-refractivity contribution is 4.71. The van der Waals surface area contributed by atoms with Crippen molar-refractivity contribution in [2.24, 2.45) is 0 Å². The molecule has 0 saturated heterocycles. The Balaban J connectivity index is 2.17. The predicted octanol–water partition coefficient (Wildman–Crippen LogP) is 0.715. The van der Waals surface area contributed by atoms with Gasteiger partial charge in [0.25, 0.3) is 0 Å². The molecule has 0 fully saturated rings. The minimum Gasteiger partial charge on any atom is -0.314 e. The summed E-state index contributed by atoms with van der Waals surface area (Å²) >= 11 is 0. The first-order valence-corrected chi connectivity index (χ1v) is 2.27. The largest absolute Gasteiger partial charge is 0.314 e. The zero-order chi connectivity index (χ0) is 5.66. The standard InChI is InChI=1S/C4H6O4/c1-2-4-6-8-7-5-3-1/h1,3H,2,4H2/b3-1-. The third kappa shape index (κ3) is 1.92. The van der Waals surface area contributed by atoms with Crippen LogP contribution in [0.25, 0.3) is 0 Å². The van der Waals surface area contributed by atoms with Crippen molar-refractivity contribution in [2.45, 2.75) is 6.42 Å². The van der Waals surface area contributed by atoms with Crippen LogP contribution in [-0.4, -0.2) is 6.61 Å². The Hall–Kier alpha value is -0.580. The lowest BCUT2D eigenvalue weighted by Gasteiger charge is -2.00. The topological polar surface area (TPSA) is 36.9 Å². The molecule has 0 aliphatic carbocycles. The predicted molar refractivity (Wildman–Crippen MR) is 23.0 cm³/mol. The number of hydrogen-bond acceptors (Lipinski definition) is 4. The van der Waals surface area contributed by atoms with E-state index in [2.05, 4.69) is 19.9 Å². The van der Waals surface area contributed by atoms with Gasteiger partial charge in [-0.05, 0) is 17.5 Å². The van der Waals surface area contributed by atoms with Crippen LogP contribution in [0.4, 0.5) is 0 Å². The Morgan fingerprint density at radius 1 is 1.25 bits per heavy atom. The summed E-state index contributed by atoms with van der Waals surface area (Å²) in [5.74, 6) is 0. The fourth-order valence-electron chi connectivity index (χ4n) is 0.316. The summed E-state index contributed by atoms with van der Waals surface area (Å²) in [4.78, 5) is 8.62. The summed E-state index contributed by atoms with van der Waals surface area (Å²) in [6.45, 7) is 0.486. The minimum absolute atomic E-state index is 0.486. The van der Waals surface area contributed by atoms with Crippen LogP contribution in [-0.2, 0) is 19.9 Å². The maximum absolute atomic E-state index is 4.38. The minimum atomic E-state index is 0.486. The van der Waals surface area contributed by atoms with Crippen molar-refractivity contribution in [2.75, 3.05) is 6.61 Å². The van der Waals surface area contributed by atoms with E-state index >= 15 is 0 Å². The molecular weight excluding hydrogens is 112 g/mol. The van der Waals surface area contributed by atoms with Crippen LogP contribution in [0.2, 0.25) is 0 Å². The van der Waals surface area contributed by atoms with Crippen LogP contribution >= 0.6 is 0 Å². The van der Waals surface area contributed by atoms with Gasteiger partial charge in [-0.25, -0.2) is 4.89 Å². The van der Waals surface area contributed by atoms with Gasteiger partial charge in [-0.2, -0.15) is 0 Å². The molecule has 0 aromatic rings. The van der Waals surface area contributed by atoms with E-state index in [4.69, 9.17) is 0 Å². The molecule has 0 aromatic carbocycles. The summed E-state index contributed by atoms with van der Waals surface area (Å²) in [5.41, 5.74) is 0. The maximum atomic E-state index is 4.38. The molecule has 0 unspecified atom stereocenters. The van der Waals surface area contributed by atoms with Gasteiger partial charge in [-0.15, -0.1) is 0 Å². The van der Waals surface area contributed by atoms with Gasteiger partial charge < -0.3 is 4.89 Å². The molecule has 1 aliphatic rings. The second-order valence-corrected chi connectivity index (χ2v) is 1.21. The zero-order valence-electron chi connectivity index (χ0n) is 4.20. The molecule has 0 amide bonds. The third-order valence-electron chi connectivity index (χ3n) is 0.635. The molecule has 4 nitrogen and oxygen atoms in total. The van der Waals surface area contributed by atoms with Crippen LogP contribution in [0.3, 0.4) is 0 Å². The Labute approximate surface area is 46.4 Å². The van der Waals surface area contributed by atoms with E-state index in [0.29, 0.717) is 6.61 Å². The molecule has 1 aliphatic heterocycles. The fourth-order valence-corrected chi connectivity index (χ4v) is 0.316. The van der Waals surface area contributed by atoms with E-state index in [9.17, 15) is 0 Å². The van der Waals surface area contributed by atoms with Crippen molar-refractivity contribution in [3.8, 4) is 0 Å². The Bertz CT molecular complexity index is 70.1. The van der Waals surface area contributed by atoms with Crippen LogP contribution in [0, 0.1) is 0 Å². The molecule has 0 saturated carbocycles. The molecule has 0 spiro atoms. The van der Waals surface area contributed by atoms with Crippen molar-refractivity contribution in [3.63, 3.8) is 0 Å². The first-order valence-electron chi connectivity index (χ1n) is 2.27. The lowest BCUT2D eigenvalue weighted by molar-refractivity contribution is -0.622. The van der Waals surface area contributed by atoms with Crippen molar-refractivity contribution in [1.29, 1.82) is 0 Å². The molecule has 4 heteroatoms. The van der Waals surface area contributed by atoms with Crippen molar-refractivity contribution in [1.82, 2.24) is 0 Å². The molecule has 0 bridgehead atoms. The fraction of sp³-hybridized carbons (Fsp3) is 0.500. The average molecular weight is 118 g/mol. The molecule has 0 atom stereocenters. The zero-order valence-corrected chi connectivity index (χ0v) is 4.20. The van der Waals surface area contributed by atoms with Crippen LogP contribution in [0.15, 0.2) is 12.3 Å². The highest BCUT2D eigenvalue weighted by Gasteiger charge is 1.90. The Morgan fingerprint density at radius 3 is 3.25 bits per heavy atom. The molecule has 0 aromatic heterocycles. The van der Waals surface area contributed by atoms with Crippen molar-refractivity contribution < 1.29 is 19.9 Å². The number of rotatable bonds is 0. The Kier molecular flexibility index (Phi) is 2.38. The van der Waals surface area contributed by atoms with Gasteiger partial charge in [-0.3, -0.25) is 0 Å². The molecule has 0 radical (unpaired) electrons. The van der Waals surface area contributed by atoms with E-state index in [0.717, 1.165) is 6.42 Å². The molecular formula is C4H6O4. The van der Waals surface area contributed by atoms with E-state index in [1.54, 1.807) is 6.08 Å². The van der Waals surface area contributed by atoms with E-state index in [1.165, 1.54) is 6.26 Å². The van der Waals surface area contributed by atoms with Crippen LogP contribution in [0.1, 0.15) is 6.42 Å². The highest BCUT2D eigenvalue weighted by atomic mass is 17.7. The molecule has 8 heavy (non-hydrogen) atoms. The van der Waals surface area contributed by atoms with Crippen LogP contribution < -0.4 is 0 Å². The average Bonchev–Trinajstić information content (AvgIpc) is 1.62. The molecule has 1 rings (SSSR count). The van der Waals surface area contributed by atoms with Gasteiger partial charge in [0.1, 0.15) is 6.26 Å². The summed E-state index contributed by atoms with van der Waals surface area (Å²) in [7, 11) is 0. The lowest BCUT2D eigenvalue weighted by atomic mass is 10.4. The molecule has 1 heterocycles. The lowest BCUT2D eigenvalue weighted by Crippen LogP contribution is -1.98. The smallest absolute Gasteiger partial charge is 0.129 e. The van der Waals surface area contributed by atoms with Gasteiger partial charge in [0.05, 0.1) is 6.61 Å². The monoisotopic (exact) mass is 118 g/mol. The third-order valence-corrected chi connectivity index (χ3v) is 0.635. The van der Waals surface area contributed by atoms with Crippen LogP contribution in [0.5, 0.6) is 0 Å². The van der Waals surface area contributed by atoms with Gasteiger partial charge in [0, 0.05) is 5.04 Å². The number of hydrogen-bond donors (Lipinski definition) is 0. The van der Waals surface area contributed by atoms with Crippen molar-refractivity contribution in [3.05, 3.63) is 12.3 Å². The van der Waals surface area contributed by atoms with E-state index in [-0.39, 0.29) is 0 Å². The summed E-state index contributed by atoms with van der Waals surface area (Å²) in [6.07, 6.45) is 3.92. The van der Waals surface area contributed by atoms with E-state index < -0.39 is 0 Å². The van der Waals surface area contributed by atoms with Gasteiger partial charge in [0.15, 0.2) is 0 Å². The second-order valence-electron chi connectivity index (χ2n) is 1.21. The first kappa shape index (κ1) is 5.55.